The van der Waals surface area contributed by atoms with E-state index in [1.165, 1.54) is 0 Å². The van der Waals surface area contributed by atoms with Gasteiger partial charge in [-0.3, -0.25) is 29.0 Å². The number of carboxylic acid groups (broad SMARTS) is 1. The number of hydrogen-bond acceptors (Lipinski definition) is 10. The molecule has 0 radical (unpaired) electrons. The van der Waals surface area contributed by atoms with Crippen molar-refractivity contribution in [3.63, 3.8) is 0 Å². The average Bonchev–Trinajstić information content (AvgIpc) is 3.36. The number of piperazine rings is 2. The number of H-pyrrole nitrogens is 1. The SMILES string of the molecule is CC1C(N2CCN(CCCC(=O)O)CC2)OC(=O)N1CCN1CCN(c2noc(=O)[nH]2)CC1. The molecule has 13 nitrogen and oxygen atoms in total. The first-order valence-corrected chi connectivity index (χ1v) is 11.6. The van der Waals surface area contributed by atoms with E-state index in [9.17, 15) is 14.4 Å². The predicted molar refractivity (Wildman–Crippen MR) is 117 cm³/mol. The summed E-state index contributed by atoms with van der Waals surface area (Å²) in [6, 6.07) is -0.0300. The van der Waals surface area contributed by atoms with Crippen LogP contribution in [0.5, 0.6) is 0 Å². The molecule has 4 rings (SSSR count). The summed E-state index contributed by atoms with van der Waals surface area (Å²) in [5, 5.41) is 12.5. The number of amides is 1. The highest BCUT2D eigenvalue weighted by atomic mass is 16.6. The van der Waals surface area contributed by atoms with Crippen LogP contribution >= 0.6 is 0 Å². The first-order valence-electron chi connectivity index (χ1n) is 11.6. The van der Waals surface area contributed by atoms with Crippen LogP contribution in [-0.4, -0.2) is 131 Å². The lowest BCUT2D eigenvalue weighted by atomic mass is 10.2. The van der Waals surface area contributed by atoms with Gasteiger partial charge >= 0.3 is 17.8 Å². The number of anilines is 1. The molecule has 2 N–H and O–H groups in total. The molecular formula is C20H33N7O6. The smallest absolute Gasteiger partial charge is 0.440 e. The van der Waals surface area contributed by atoms with Gasteiger partial charge in [-0.2, -0.15) is 0 Å². The minimum absolute atomic E-state index is 0.0300. The molecule has 1 aromatic rings. The van der Waals surface area contributed by atoms with Crippen LogP contribution in [0.15, 0.2) is 9.32 Å². The Morgan fingerprint density at radius 2 is 1.70 bits per heavy atom. The van der Waals surface area contributed by atoms with Gasteiger partial charge in [-0.15, -0.1) is 0 Å². The van der Waals surface area contributed by atoms with Crippen LogP contribution < -0.4 is 10.7 Å². The van der Waals surface area contributed by atoms with E-state index in [1.54, 1.807) is 0 Å². The number of aromatic nitrogens is 2. The molecular weight excluding hydrogens is 434 g/mol. The summed E-state index contributed by atoms with van der Waals surface area (Å²) >= 11 is 0. The van der Waals surface area contributed by atoms with Crippen LogP contribution in [0.2, 0.25) is 0 Å². The Hall–Kier alpha value is -2.64. The lowest BCUT2D eigenvalue weighted by Gasteiger charge is -2.38. The fourth-order valence-corrected chi connectivity index (χ4v) is 4.75. The van der Waals surface area contributed by atoms with E-state index in [1.807, 2.05) is 16.7 Å². The molecule has 3 aliphatic heterocycles. The molecule has 1 aromatic heterocycles. The van der Waals surface area contributed by atoms with Gasteiger partial charge in [0.2, 0.25) is 5.95 Å². The van der Waals surface area contributed by atoms with Gasteiger partial charge in [-0.05, 0) is 25.0 Å². The number of rotatable bonds is 9. The molecule has 2 atom stereocenters. The van der Waals surface area contributed by atoms with E-state index in [4.69, 9.17) is 9.84 Å². The third kappa shape index (κ3) is 5.84. The van der Waals surface area contributed by atoms with Crippen molar-refractivity contribution in [2.45, 2.75) is 32.0 Å². The van der Waals surface area contributed by atoms with Gasteiger partial charge in [0.15, 0.2) is 6.23 Å². The number of carboxylic acids is 1. The van der Waals surface area contributed by atoms with E-state index in [2.05, 4.69) is 29.4 Å². The van der Waals surface area contributed by atoms with E-state index in [0.717, 1.165) is 65.4 Å². The van der Waals surface area contributed by atoms with E-state index >= 15 is 0 Å². The van der Waals surface area contributed by atoms with Crippen molar-refractivity contribution in [2.24, 2.45) is 0 Å². The maximum absolute atomic E-state index is 12.6. The van der Waals surface area contributed by atoms with Crippen molar-refractivity contribution < 1.29 is 24.0 Å². The van der Waals surface area contributed by atoms with Crippen molar-refractivity contribution in [3.05, 3.63) is 10.6 Å². The Kier molecular flexibility index (Phi) is 7.50. The maximum Gasteiger partial charge on any atom is 0.440 e. The fourth-order valence-electron chi connectivity index (χ4n) is 4.75. The molecule has 2 unspecified atom stereocenters. The van der Waals surface area contributed by atoms with E-state index in [0.29, 0.717) is 18.9 Å². The Balaban J connectivity index is 1.19. The van der Waals surface area contributed by atoms with Crippen LogP contribution in [-0.2, 0) is 9.53 Å². The van der Waals surface area contributed by atoms with Crippen LogP contribution in [0.25, 0.3) is 0 Å². The summed E-state index contributed by atoms with van der Waals surface area (Å²) in [7, 11) is 0. The fraction of sp³-hybridized carbons (Fsp3) is 0.800. The summed E-state index contributed by atoms with van der Waals surface area (Å²) in [5.41, 5.74) is 0. The van der Waals surface area contributed by atoms with Gasteiger partial charge in [0.05, 0.1) is 6.04 Å². The highest BCUT2D eigenvalue weighted by molar-refractivity contribution is 5.70. The van der Waals surface area contributed by atoms with Gasteiger partial charge in [-0.25, -0.2) is 9.59 Å². The number of aromatic amines is 1. The van der Waals surface area contributed by atoms with Gasteiger partial charge in [-0.1, -0.05) is 0 Å². The Morgan fingerprint density at radius 3 is 2.33 bits per heavy atom. The number of hydrogen-bond donors (Lipinski definition) is 2. The summed E-state index contributed by atoms with van der Waals surface area (Å²) < 4.78 is 10.3. The Bertz CT molecular complexity index is 859. The largest absolute Gasteiger partial charge is 0.481 e. The minimum atomic E-state index is -0.756. The highest BCUT2D eigenvalue weighted by Crippen LogP contribution is 2.23. The van der Waals surface area contributed by atoms with Crippen molar-refractivity contribution in [1.29, 1.82) is 0 Å². The minimum Gasteiger partial charge on any atom is -0.481 e. The summed E-state index contributed by atoms with van der Waals surface area (Å²) in [6.07, 6.45) is 0.332. The normalized spacial score (nSPS) is 25.5. The quantitative estimate of drug-likeness (QED) is 0.469. The van der Waals surface area contributed by atoms with E-state index < -0.39 is 11.7 Å². The van der Waals surface area contributed by atoms with Crippen molar-refractivity contribution >= 4 is 18.0 Å². The second-order valence-electron chi connectivity index (χ2n) is 8.83. The van der Waals surface area contributed by atoms with Crippen LogP contribution in [0.4, 0.5) is 10.7 Å². The molecule has 184 valence electrons. The maximum atomic E-state index is 12.6. The first-order chi connectivity index (χ1) is 15.9. The van der Waals surface area contributed by atoms with Gasteiger partial charge in [0.25, 0.3) is 0 Å². The highest BCUT2D eigenvalue weighted by Gasteiger charge is 2.42. The van der Waals surface area contributed by atoms with Crippen LogP contribution in [0.3, 0.4) is 0 Å². The topological polar surface area (TPSA) is 139 Å². The average molecular weight is 468 g/mol. The molecule has 0 aromatic carbocycles. The molecule has 0 aliphatic carbocycles. The lowest BCUT2D eigenvalue weighted by molar-refractivity contribution is -0.137. The van der Waals surface area contributed by atoms with Crippen LogP contribution in [0, 0.1) is 0 Å². The number of carbonyl (C=O) groups excluding carboxylic acids is 1. The van der Waals surface area contributed by atoms with Crippen molar-refractivity contribution in [3.8, 4) is 0 Å². The van der Waals surface area contributed by atoms with E-state index in [-0.39, 0.29) is 24.8 Å². The van der Waals surface area contributed by atoms with Gasteiger partial charge < -0.3 is 19.6 Å². The molecule has 1 amide bonds. The molecule has 0 spiro atoms. The number of cyclic esters (lactones) is 1. The number of ether oxygens (including phenoxy) is 1. The molecule has 3 fully saturated rings. The number of nitrogens with one attached hydrogen (secondary N) is 1. The third-order valence-electron chi connectivity index (χ3n) is 6.75. The molecule has 33 heavy (non-hydrogen) atoms. The van der Waals surface area contributed by atoms with Gasteiger partial charge in [0.1, 0.15) is 0 Å². The number of nitrogens with zero attached hydrogens (tertiary/aromatic N) is 6. The molecule has 0 bridgehead atoms. The van der Waals surface area contributed by atoms with Crippen molar-refractivity contribution in [2.75, 3.05) is 76.9 Å². The summed E-state index contributed by atoms with van der Waals surface area (Å²) in [5.74, 6) is -0.849. The zero-order chi connectivity index (χ0) is 23.4. The first kappa shape index (κ1) is 23.5. The zero-order valence-corrected chi connectivity index (χ0v) is 19.0. The van der Waals surface area contributed by atoms with Gasteiger partial charge in [0, 0.05) is 71.9 Å². The summed E-state index contributed by atoms with van der Waals surface area (Å²) in [4.78, 5) is 47.5. The number of carbonyl (C=O) groups is 2. The zero-order valence-electron chi connectivity index (χ0n) is 19.0. The lowest BCUT2D eigenvalue weighted by Crippen LogP contribution is -2.54. The monoisotopic (exact) mass is 467 g/mol. The van der Waals surface area contributed by atoms with Crippen molar-refractivity contribution in [1.82, 2.24) is 29.7 Å². The standard InChI is InChI=1S/C20H33N7O6/c1-15-17(25-10-5-23(6-11-25)4-2-3-16(28)29)32-20(31)27(15)14-9-24-7-12-26(13-8-24)18-21-19(30)33-22-18/h15,17H,2-14H2,1H3,(H,28,29)(H,21,22,30). The van der Waals surface area contributed by atoms with Crippen LogP contribution in [0.1, 0.15) is 19.8 Å². The second-order valence-corrected chi connectivity index (χ2v) is 8.83. The molecule has 0 saturated carbocycles. The third-order valence-corrected chi connectivity index (χ3v) is 6.75. The molecule has 3 aliphatic rings. The Labute approximate surface area is 191 Å². The summed E-state index contributed by atoms with van der Waals surface area (Å²) in [6.45, 7) is 10.5. The molecule has 13 heteroatoms. The number of aliphatic carboxylic acids is 1. The predicted octanol–water partition coefficient (Wildman–Crippen LogP) is -0.866. The molecule has 3 saturated heterocycles. The molecule has 4 heterocycles. The Morgan fingerprint density at radius 1 is 1.03 bits per heavy atom. The second kappa shape index (κ2) is 10.5.